The average molecular weight is 590 g/mol. The van der Waals surface area contributed by atoms with E-state index in [0.29, 0.717) is 31.4 Å². The fourth-order valence-electron chi connectivity index (χ4n) is 5.51. The molecule has 3 fully saturated rings. The van der Waals surface area contributed by atoms with Crippen LogP contribution in [0.4, 0.5) is 0 Å². The second-order valence-electron chi connectivity index (χ2n) is 11.9. The van der Waals surface area contributed by atoms with Gasteiger partial charge >= 0.3 is 0 Å². The lowest BCUT2D eigenvalue weighted by atomic mass is 9.82. The quantitative estimate of drug-likeness (QED) is 0.0810. The average Bonchev–Trinajstić information content (AvgIpc) is 2.93. The predicted octanol–water partition coefficient (Wildman–Crippen LogP) is -2.81. The van der Waals surface area contributed by atoms with Crippen LogP contribution in [0.3, 0.4) is 0 Å². The van der Waals surface area contributed by atoms with Gasteiger partial charge in [0.05, 0.1) is 30.4 Å². The molecular formula is C26H51N7O8. The van der Waals surface area contributed by atoms with Gasteiger partial charge in [-0.05, 0) is 52.0 Å². The summed E-state index contributed by atoms with van der Waals surface area (Å²) in [7, 11) is 0. The van der Waals surface area contributed by atoms with Gasteiger partial charge < -0.3 is 73.0 Å². The molecule has 7 unspecified atom stereocenters. The molecule has 0 aromatic carbocycles. The molecule has 41 heavy (non-hydrogen) atoms. The van der Waals surface area contributed by atoms with E-state index in [1.54, 1.807) is 13.8 Å². The van der Waals surface area contributed by atoms with Gasteiger partial charge in [0.2, 0.25) is 0 Å². The maximum absolute atomic E-state index is 11.6. The van der Waals surface area contributed by atoms with E-state index in [0.717, 1.165) is 0 Å². The van der Waals surface area contributed by atoms with Crippen molar-refractivity contribution in [2.45, 2.75) is 125 Å². The maximum Gasteiger partial charge on any atom is 0.184 e. The van der Waals surface area contributed by atoms with Crippen LogP contribution in [0.2, 0.25) is 0 Å². The van der Waals surface area contributed by atoms with Crippen LogP contribution in [0.5, 0.6) is 0 Å². The summed E-state index contributed by atoms with van der Waals surface area (Å²) in [6, 6.07) is -1.97. The predicted molar refractivity (Wildman–Crippen MR) is 150 cm³/mol. The van der Waals surface area contributed by atoms with E-state index in [1.807, 2.05) is 0 Å². The standard InChI is InChI=1S/C26H51N7O8/c1-12-19(35)25(38-11-26(12,2)37)41-22-17(33-23(32)18(34)7-8-27)9-16(31)21(20(22)36)40-24-15(30)6-5-14(39-24)4-3-13(29)10-28/h12,14-22,24-25,29,34-37H,3-11,27-28,30-31H2,1-2H3,(H2,32,33)/t12-,14-,15?,16+,17-,18?,19?,20?,21?,22?,24-,25-,26?/m1/s1. The molecule has 3 rings (SSSR count). The Morgan fingerprint density at radius 2 is 1.76 bits per heavy atom. The Bertz CT molecular complexity index is 870. The van der Waals surface area contributed by atoms with Gasteiger partial charge in [-0.15, -0.1) is 0 Å². The minimum absolute atomic E-state index is 0.102. The molecule has 0 spiro atoms. The Morgan fingerprint density at radius 1 is 1.07 bits per heavy atom. The van der Waals surface area contributed by atoms with Crippen molar-refractivity contribution in [2.24, 2.45) is 28.9 Å². The van der Waals surface area contributed by atoms with E-state index < -0.39 is 72.7 Å². The van der Waals surface area contributed by atoms with Gasteiger partial charge in [0.15, 0.2) is 12.6 Å². The molecule has 15 nitrogen and oxygen atoms in total. The fourth-order valence-corrected chi connectivity index (χ4v) is 5.51. The third-order valence-electron chi connectivity index (χ3n) is 8.54. The molecule has 1 aliphatic carbocycles. The van der Waals surface area contributed by atoms with Crippen molar-refractivity contribution >= 4 is 11.5 Å². The summed E-state index contributed by atoms with van der Waals surface area (Å²) < 4.78 is 24.1. The molecule has 15 heteroatoms. The maximum atomic E-state index is 11.6. The topological polar surface area (TPSA) is 282 Å². The Kier molecular flexibility index (Phi) is 12.4. The van der Waals surface area contributed by atoms with Crippen LogP contribution in [0, 0.1) is 16.7 Å². The minimum Gasteiger partial charge on any atom is -0.388 e. The number of aliphatic hydroxyl groups is 4. The molecule has 0 radical (unpaired) electrons. The molecule has 1 saturated carbocycles. The Morgan fingerprint density at radius 3 is 2.41 bits per heavy atom. The zero-order valence-electron chi connectivity index (χ0n) is 24.0. The Balaban J connectivity index is 1.77. The first-order valence-electron chi connectivity index (χ1n) is 14.5. The van der Waals surface area contributed by atoms with Crippen molar-refractivity contribution < 1.29 is 39.4 Å². The lowest BCUT2D eigenvalue weighted by molar-refractivity contribution is -0.313. The van der Waals surface area contributed by atoms with E-state index in [9.17, 15) is 20.4 Å². The van der Waals surface area contributed by atoms with Gasteiger partial charge in [0.25, 0.3) is 0 Å². The van der Waals surface area contributed by atoms with Crippen molar-refractivity contribution in [1.82, 2.24) is 5.32 Å². The molecule has 2 aliphatic heterocycles. The SMILES string of the molecule is C[C@@H]1C(O)[C@@H](OC2C(O)C(O[C@H]3O[C@H](CCC(=N)CN)CCC3N)[C@@H](N)C[C@H]2NC(=N)C(O)CCN)OCC1(C)O. The number of nitrogens with one attached hydrogen (secondary N) is 3. The molecule has 15 N–H and O–H groups in total. The number of amidine groups is 1. The summed E-state index contributed by atoms with van der Waals surface area (Å²) >= 11 is 0. The summed E-state index contributed by atoms with van der Waals surface area (Å²) in [4.78, 5) is 0. The minimum atomic E-state index is -1.37. The van der Waals surface area contributed by atoms with E-state index in [1.165, 1.54) is 0 Å². The van der Waals surface area contributed by atoms with Gasteiger partial charge in [0.1, 0.15) is 36.4 Å². The van der Waals surface area contributed by atoms with Crippen LogP contribution >= 0.6 is 0 Å². The third kappa shape index (κ3) is 8.61. The lowest BCUT2D eigenvalue weighted by Gasteiger charge is -2.49. The first-order valence-corrected chi connectivity index (χ1v) is 14.5. The molecule has 2 saturated heterocycles. The first kappa shape index (κ1) is 34.2. The van der Waals surface area contributed by atoms with E-state index >= 15 is 0 Å². The normalized spacial score (nSPS) is 42.4. The van der Waals surface area contributed by atoms with E-state index in [4.69, 9.17) is 52.7 Å². The van der Waals surface area contributed by atoms with Crippen molar-refractivity contribution in [2.75, 3.05) is 19.7 Å². The summed E-state index contributed by atoms with van der Waals surface area (Å²) in [6.45, 7) is 3.48. The molecular weight excluding hydrogens is 538 g/mol. The van der Waals surface area contributed by atoms with E-state index in [2.05, 4.69) is 5.32 Å². The fraction of sp³-hybridized carbons (Fsp3) is 0.923. The summed E-state index contributed by atoms with van der Waals surface area (Å²) in [5, 5.41) is 62.2. The van der Waals surface area contributed by atoms with E-state index in [-0.39, 0.29) is 44.5 Å². The van der Waals surface area contributed by atoms with Crippen LogP contribution in [0.25, 0.3) is 0 Å². The molecule has 0 amide bonds. The molecule has 3 aliphatic rings. The van der Waals surface area contributed by atoms with Crippen molar-refractivity contribution in [3.05, 3.63) is 0 Å². The molecule has 0 aromatic rings. The van der Waals surface area contributed by atoms with Gasteiger partial charge in [-0.25, -0.2) is 0 Å². The van der Waals surface area contributed by atoms with Gasteiger partial charge in [0, 0.05) is 24.2 Å². The van der Waals surface area contributed by atoms with Gasteiger partial charge in [-0.3, -0.25) is 5.41 Å². The lowest BCUT2D eigenvalue weighted by Crippen LogP contribution is -2.68. The number of rotatable bonds is 12. The zero-order chi connectivity index (χ0) is 30.5. The molecule has 238 valence electrons. The third-order valence-corrected chi connectivity index (χ3v) is 8.54. The van der Waals surface area contributed by atoms with Gasteiger partial charge in [-0.1, -0.05) is 6.92 Å². The van der Waals surface area contributed by atoms with Crippen molar-refractivity contribution in [3.63, 3.8) is 0 Å². The smallest absolute Gasteiger partial charge is 0.184 e. The van der Waals surface area contributed by atoms with Crippen LogP contribution in [-0.4, -0.2) is 125 Å². The summed E-state index contributed by atoms with van der Waals surface area (Å²) in [5.74, 6) is -0.809. The van der Waals surface area contributed by atoms with Crippen molar-refractivity contribution in [3.8, 4) is 0 Å². The highest BCUT2D eigenvalue weighted by Crippen LogP contribution is 2.34. The Hall–Kier alpha value is -1.34. The highest BCUT2D eigenvalue weighted by Gasteiger charge is 2.51. The van der Waals surface area contributed by atoms with Crippen LogP contribution in [-0.2, 0) is 18.9 Å². The van der Waals surface area contributed by atoms with Gasteiger partial charge in [-0.2, -0.15) is 0 Å². The number of aliphatic hydroxyl groups excluding tert-OH is 3. The monoisotopic (exact) mass is 589 g/mol. The second kappa shape index (κ2) is 14.9. The van der Waals surface area contributed by atoms with Crippen LogP contribution in [0.15, 0.2) is 0 Å². The molecule has 13 atom stereocenters. The molecule has 0 aromatic heterocycles. The highest BCUT2D eigenvalue weighted by atomic mass is 16.7. The number of ether oxygens (including phenoxy) is 4. The van der Waals surface area contributed by atoms with Crippen molar-refractivity contribution in [1.29, 1.82) is 10.8 Å². The molecule has 0 bridgehead atoms. The zero-order valence-corrected chi connectivity index (χ0v) is 24.0. The number of hydrogen-bond acceptors (Lipinski definition) is 14. The first-order chi connectivity index (χ1) is 19.3. The highest BCUT2D eigenvalue weighted by molar-refractivity contribution is 5.83. The Labute approximate surface area is 241 Å². The number of hydrogen-bond donors (Lipinski definition) is 11. The van der Waals surface area contributed by atoms with Crippen LogP contribution < -0.4 is 28.3 Å². The summed E-state index contributed by atoms with van der Waals surface area (Å²) in [5.41, 5.74) is 23.0. The van der Waals surface area contributed by atoms with Crippen LogP contribution in [0.1, 0.15) is 52.4 Å². The molecule has 2 heterocycles. The largest absolute Gasteiger partial charge is 0.388 e. The second-order valence-corrected chi connectivity index (χ2v) is 11.9. The summed E-state index contributed by atoms with van der Waals surface area (Å²) in [6.07, 6.45) is -5.36. The number of nitrogens with two attached hydrogens (primary N) is 4.